The molecule has 4 amide bonds. The second kappa shape index (κ2) is 26.2. The second-order valence-electron chi connectivity index (χ2n) is 26.0. The summed E-state index contributed by atoms with van der Waals surface area (Å²) in [4.78, 5) is 89.1. The van der Waals surface area contributed by atoms with E-state index in [4.69, 9.17) is 4.98 Å². The third-order valence-corrected chi connectivity index (χ3v) is 20.7. The molecule has 0 radical (unpaired) electrons. The average Bonchev–Trinajstić information content (AvgIpc) is 1.47. The zero-order valence-corrected chi connectivity index (χ0v) is 53.7. The number of aryl methyl sites for hydroxylation is 1. The first-order valence-corrected chi connectivity index (χ1v) is 34.2. The number of benzene rings is 3. The Morgan fingerprint density at radius 3 is 1.89 bits per heavy atom. The third kappa shape index (κ3) is 13.6. The molecule has 90 heavy (non-hydrogen) atoms. The number of hydrogen-bond acceptors (Lipinski definition) is 12. The van der Waals surface area contributed by atoms with Crippen molar-refractivity contribution in [3.63, 3.8) is 0 Å². The predicted octanol–water partition coefficient (Wildman–Crippen LogP) is 7.49. The van der Waals surface area contributed by atoms with Crippen LogP contribution in [0.2, 0.25) is 0 Å². The van der Waals surface area contributed by atoms with Gasteiger partial charge in [0.15, 0.2) is 11.4 Å². The maximum absolute atomic E-state index is 13.8. The van der Waals surface area contributed by atoms with Crippen LogP contribution in [0.4, 0.5) is 11.4 Å². The van der Waals surface area contributed by atoms with Crippen LogP contribution >= 0.6 is 0 Å². The SMILES string of the molecule is CCCn1c(=O)c2[nH]c(C34CC5CC(CC(C5)C3)C4)nc2n(CCCNC(=O)c2ccc(C(=O)NCCNC(=O)CCNC(=O)CCCCCN3C(=CC=CC=CC4=[N+](C)c5ccc(S(=O)(=O)O)cc5C4(C)C)C(C)(C)c4cc(S(=O)(=O)O)ccc43)cc2)c1=O. The van der Waals surface area contributed by atoms with Gasteiger partial charge in [0.1, 0.15) is 18.4 Å². The zero-order valence-electron chi connectivity index (χ0n) is 52.1. The highest BCUT2D eigenvalue weighted by molar-refractivity contribution is 7.86. The third-order valence-electron chi connectivity index (χ3n) is 19.0. The fourth-order valence-electron chi connectivity index (χ4n) is 14.8. The molecule has 4 bridgehead atoms. The molecule has 5 aromatic rings. The number of H-pyrrole nitrogens is 1. The molecule has 4 aliphatic carbocycles. The average molecular weight is 1270 g/mol. The normalized spacial score (nSPS) is 21.0. The van der Waals surface area contributed by atoms with Crippen LogP contribution in [0.3, 0.4) is 0 Å². The lowest BCUT2D eigenvalue weighted by Gasteiger charge is -2.55. The van der Waals surface area contributed by atoms with Crippen molar-refractivity contribution in [1.29, 1.82) is 0 Å². The molecule has 6 aliphatic rings. The van der Waals surface area contributed by atoms with Gasteiger partial charge >= 0.3 is 5.69 Å². The molecule has 2 aliphatic heterocycles. The number of nitrogens with zero attached hydrogens (tertiary/aromatic N) is 5. The van der Waals surface area contributed by atoms with Gasteiger partial charge in [0.25, 0.3) is 37.6 Å². The monoisotopic (exact) mass is 1270 g/mol. The van der Waals surface area contributed by atoms with Crippen molar-refractivity contribution in [2.75, 3.05) is 44.7 Å². The van der Waals surface area contributed by atoms with Crippen LogP contribution < -0.4 is 37.4 Å². The summed E-state index contributed by atoms with van der Waals surface area (Å²) in [6, 6.07) is 15.3. The van der Waals surface area contributed by atoms with Crippen molar-refractivity contribution in [3.8, 4) is 0 Å². The lowest BCUT2D eigenvalue weighted by atomic mass is 9.49. The maximum Gasteiger partial charge on any atom is 0.332 e. The Kier molecular flexibility index (Phi) is 19.0. The summed E-state index contributed by atoms with van der Waals surface area (Å²) in [7, 11) is -6.96. The number of aromatic amines is 1. The van der Waals surface area contributed by atoms with Crippen molar-refractivity contribution >= 4 is 72.1 Å². The van der Waals surface area contributed by atoms with Crippen molar-refractivity contribution in [3.05, 3.63) is 146 Å². The highest BCUT2D eigenvalue weighted by atomic mass is 32.2. The molecule has 3 aromatic carbocycles. The van der Waals surface area contributed by atoms with E-state index in [0.717, 1.165) is 59.0 Å². The summed E-state index contributed by atoms with van der Waals surface area (Å²) < 4.78 is 72.6. The molecule has 480 valence electrons. The standard InChI is InChI=1S/C66H82N10O12S2/c1-7-31-76-61(81)57-58(72-62(71-57)66-39-42-34-43(40-66)36-44(35-42)41-66)75(63(76)82)33-14-27-69-59(79)45-18-20-46(21-19-45)60(80)70-30-29-68-56(78)26-28-67-55(77)17-12-9-13-32-74-52-25-23-48(90(86,87)88)38-50(52)65(4,5)54(74)16-11-8-10-15-53-64(2,3)49-37-47(89(83,84)85)22-24-51(49)73(53)6/h8,10-11,15-16,18-25,37-38,42-44H,7,9,12-14,17,26-36,39-41H2,1-6H3,(H6-,67,68,69,70,71,72,77,78,79,80,81,83,84,85,86,87,88)/p+1. The smallest absolute Gasteiger partial charge is 0.332 e. The number of fused-ring (bicyclic) bond motifs is 3. The number of unbranched alkanes of at least 4 members (excludes halogenated alkanes) is 2. The number of carbonyl (C=O) groups excluding carboxylic acids is 4. The van der Waals surface area contributed by atoms with Gasteiger partial charge in [0, 0.05) is 110 Å². The number of imidazole rings is 1. The first-order valence-electron chi connectivity index (χ1n) is 31.3. The number of amides is 4. The van der Waals surface area contributed by atoms with Crippen LogP contribution in [-0.2, 0) is 59.2 Å². The second-order valence-corrected chi connectivity index (χ2v) is 28.9. The van der Waals surface area contributed by atoms with Gasteiger partial charge in [-0.2, -0.15) is 21.4 Å². The minimum Gasteiger partial charge on any atom is -0.356 e. The van der Waals surface area contributed by atoms with E-state index in [1.165, 1.54) is 48.1 Å². The summed E-state index contributed by atoms with van der Waals surface area (Å²) in [5.74, 6) is 1.66. The Balaban J connectivity index is 0.630. The van der Waals surface area contributed by atoms with E-state index in [-0.39, 0.29) is 90.0 Å². The molecular weight excluding hydrogens is 1190 g/mol. The number of nitrogens with one attached hydrogen (secondary N) is 5. The van der Waals surface area contributed by atoms with Gasteiger partial charge in [0.2, 0.25) is 17.5 Å². The molecular formula is C66H83N10O12S2+. The molecule has 4 saturated carbocycles. The van der Waals surface area contributed by atoms with Crippen LogP contribution in [0.5, 0.6) is 0 Å². The summed E-state index contributed by atoms with van der Waals surface area (Å²) in [5, 5.41) is 11.2. The van der Waals surface area contributed by atoms with Gasteiger partial charge in [-0.05, 0) is 162 Å². The van der Waals surface area contributed by atoms with Crippen LogP contribution in [0.15, 0.2) is 116 Å². The Morgan fingerprint density at radius 1 is 0.667 bits per heavy atom. The Hall–Kier alpha value is -7.80. The molecule has 0 saturated heterocycles. The Morgan fingerprint density at radius 2 is 1.26 bits per heavy atom. The topological polar surface area (TPSA) is 304 Å². The Labute approximate surface area is 524 Å². The zero-order chi connectivity index (χ0) is 64.5. The van der Waals surface area contributed by atoms with Crippen LogP contribution in [0, 0.1) is 17.8 Å². The molecule has 24 heteroatoms. The molecule has 4 heterocycles. The number of aromatic nitrogens is 4. The largest absolute Gasteiger partial charge is 0.356 e. The predicted molar refractivity (Wildman–Crippen MR) is 343 cm³/mol. The molecule has 0 atom stereocenters. The van der Waals surface area contributed by atoms with Crippen LogP contribution in [0.1, 0.15) is 156 Å². The Bertz CT molecular complexity index is 4100. The highest BCUT2D eigenvalue weighted by Crippen LogP contribution is 2.60. The number of carbonyl (C=O) groups is 4. The minimum atomic E-state index is -4.47. The maximum atomic E-state index is 13.8. The van der Waals surface area contributed by atoms with E-state index in [9.17, 15) is 54.7 Å². The number of hydrogen-bond donors (Lipinski definition) is 7. The van der Waals surface area contributed by atoms with Crippen molar-refractivity contribution in [2.24, 2.45) is 17.8 Å². The van der Waals surface area contributed by atoms with E-state index >= 15 is 0 Å². The first-order chi connectivity index (χ1) is 42.7. The molecule has 0 spiro atoms. The van der Waals surface area contributed by atoms with Crippen molar-refractivity contribution in [2.45, 2.75) is 157 Å². The van der Waals surface area contributed by atoms with Crippen molar-refractivity contribution < 1.29 is 49.7 Å². The number of allylic oxidation sites excluding steroid dienone is 6. The molecule has 4 fully saturated rings. The number of anilines is 1. The molecule has 7 N–H and O–H groups in total. The number of rotatable bonds is 26. The lowest BCUT2D eigenvalue weighted by Crippen LogP contribution is -2.49. The van der Waals surface area contributed by atoms with Gasteiger partial charge in [0.05, 0.1) is 15.2 Å². The van der Waals surface area contributed by atoms with Crippen molar-refractivity contribution in [1.82, 2.24) is 40.4 Å². The molecule has 0 unspecified atom stereocenters. The summed E-state index contributed by atoms with van der Waals surface area (Å²) in [6.45, 7) is 11.6. The van der Waals surface area contributed by atoms with Gasteiger partial charge < -0.3 is 31.2 Å². The highest BCUT2D eigenvalue weighted by Gasteiger charge is 2.53. The van der Waals surface area contributed by atoms with Crippen LogP contribution in [-0.4, -0.2) is 119 Å². The van der Waals surface area contributed by atoms with E-state index < -0.39 is 36.8 Å². The van der Waals surface area contributed by atoms with Gasteiger partial charge in [-0.15, -0.1) is 0 Å². The van der Waals surface area contributed by atoms with E-state index in [0.29, 0.717) is 85.2 Å². The van der Waals surface area contributed by atoms with Gasteiger partial charge in [-0.3, -0.25) is 42.2 Å². The molecule has 2 aromatic heterocycles. The summed E-state index contributed by atoms with van der Waals surface area (Å²) in [6.07, 6.45) is 19.9. The first kappa shape index (κ1) is 65.2. The minimum absolute atomic E-state index is 0.0392. The van der Waals surface area contributed by atoms with Crippen LogP contribution in [0.25, 0.3) is 11.2 Å². The fourth-order valence-corrected chi connectivity index (χ4v) is 15.9. The van der Waals surface area contributed by atoms with Gasteiger partial charge in [-0.1, -0.05) is 45.4 Å². The van der Waals surface area contributed by atoms with E-state index in [2.05, 4.69) is 31.2 Å². The quantitative estimate of drug-likeness (QED) is 0.0122. The van der Waals surface area contributed by atoms with E-state index in [1.807, 2.05) is 76.6 Å². The van der Waals surface area contributed by atoms with Gasteiger partial charge in [-0.25, -0.2) is 9.78 Å². The molecule has 22 nitrogen and oxygen atoms in total. The molecule has 11 rings (SSSR count). The van der Waals surface area contributed by atoms with E-state index in [1.54, 1.807) is 41.0 Å². The summed E-state index contributed by atoms with van der Waals surface area (Å²) >= 11 is 0. The fraction of sp³-hybridized carbons (Fsp3) is 0.485. The summed E-state index contributed by atoms with van der Waals surface area (Å²) in [5.41, 5.74) is 4.28. The lowest BCUT2D eigenvalue weighted by molar-refractivity contribution is -0.401.